The van der Waals surface area contributed by atoms with Crippen molar-refractivity contribution in [3.8, 4) is 0 Å². The van der Waals surface area contributed by atoms with Crippen LogP contribution in [0.25, 0.3) is 0 Å². The minimum Gasteiger partial charge on any atom is -0.356 e. The second-order valence-electron chi connectivity index (χ2n) is 4.19. The van der Waals surface area contributed by atoms with E-state index >= 15 is 0 Å². The van der Waals surface area contributed by atoms with E-state index in [4.69, 9.17) is 0 Å². The third-order valence-corrected chi connectivity index (χ3v) is 4.83. The summed E-state index contributed by atoms with van der Waals surface area (Å²) in [5, 5.41) is 4.58. The Morgan fingerprint density at radius 3 is 2.67 bits per heavy atom. The van der Waals surface area contributed by atoms with Gasteiger partial charge in [-0.25, -0.2) is 13.4 Å². The maximum absolute atomic E-state index is 12.1. The summed E-state index contributed by atoms with van der Waals surface area (Å²) in [5.41, 5.74) is 0.539. The molecule has 0 fully saturated rings. The summed E-state index contributed by atoms with van der Waals surface area (Å²) in [6.45, 7) is 2.38. The van der Waals surface area contributed by atoms with Crippen LogP contribution < -0.4 is 10.0 Å². The standard InChI is InChI=1S/C13H15N3O3S2/c1-2-14-12(17)8-10-9-20-13(15-10)16-21(18,19)11-6-4-3-5-7-11/h3-7,9H,2,8H2,1H3,(H,14,17)(H,15,16). The average Bonchev–Trinajstić information content (AvgIpc) is 2.86. The number of amides is 1. The van der Waals surface area contributed by atoms with Gasteiger partial charge in [-0.05, 0) is 19.1 Å². The molecule has 1 aromatic heterocycles. The van der Waals surface area contributed by atoms with E-state index in [1.807, 2.05) is 6.92 Å². The second kappa shape index (κ2) is 6.68. The third kappa shape index (κ3) is 4.27. The number of nitrogens with zero attached hydrogens (tertiary/aromatic N) is 1. The van der Waals surface area contributed by atoms with Crippen LogP contribution in [0, 0.1) is 0 Å². The van der Waals surface area contributed by atoms with E-state index in [1.54, 1.807) is 23.6 Å². The molecule has 21 heavy (non-hydrogen) atoms. The monoisotopic (exact) mass is 325 g/mol. The molecule has 0 bridgehead atoms. The van der Waals surface area contributed by atoms with Crippen molar-refractivity contribution in [2.45, 2.75) is 18.2 Å². The fourth-order valence-electron chi connectivity index (χ4n) is 1.63. The first-order valence-electron chi connectivity index (χ1n) is 6.30. The first-order valence-corrected chi connectivity index (χ1v) is 8.66. The highest BCUT2D eigenvalue weighted by Gasteiger charge is 2.16. The number of benzene rings is 1. The average molecular weight is 325 g/mol. The molecule has 0 spiro atoms. The lowest BCUT2D eigenvalue weighted by Gasteiger charge is -2.04. The van der Waals surface area contributed by atoms with Crippen molar-refractivity contribution in [1.82, 2.24) is 10.3 Å². The van der Waals surface area contributed by atoms with Crippen LogP contribution in [0.3, 0.4) is 0 Å². The van der Waals surface area contributed by atoms with Crippen molar-refractivity contribution in [1.29, 1.82) is 0 Å². The third-order valence-electron chi connectivity index (χ3n) is 2.54. The maximum atomic E-state index is 12.1. The van der Waals surface area contributed by atoms with E-state index < -0.39 is 10.0 Å². The molecule has 2 N–H and O–H groups in total. The smallest absolute Gasteiger partial charge is 0.263 e. The molecule has 1 aromatic carbocycles. The summed E-state index contributed by atoms with van der Waals surface area (Å²) in [6, 6.07) is 8.05. The number of hydrogen-bond acceptors (Lipinski definition) is 5. The first-order chi connectivity index (χ1) is 10.0. The molecule has 0 saturated heterocycles. The largest absolute Gasteiger partial charge is 0.356 e. The van der Waals surface area contributed by atoms with Crippen molar-refractivity contribution in [2.24, 2.45) is 0 Å². The molecule has 1 heterocycles. The highest BCUT2D eigenvalue weighted by Crippen LogP contribution is 2.20. The zero-order chi connectivity index (χ0) is 15.3. The molecule has 6 nitrogen and oxygen atoms in total. The van der Waals surface area contributed by atoms with Crippen LogP contribution in [-0.2, 0) is 21.2 Å². The quantitative estimate of drug-likeness (QED) is 0.845. The highest BCUT2D eigenvalue weighted by molar-refractivity contribution is 7.93. The number of rotatable bonds is 6. The number of carbonyl (C=O) groups is 1. The highest BCUT2D eigenvalue weighted by atomic mass is 32.2. The normalized spacial score (nSPS) is 11.1. The summed E-state index contributed by atoms with van der Waals surface area (Å²) in [5.74, 6) is -0.139. The SMILES string of the molecule is CCNC(=O)Cc1csc(NS(=O)(=O)c2ccccc2)n1. The van der Waals surface area contributed by atoms with E-state index in [2.05, 4.69) is 15.0 Å². The van der Waals surface area contributed by atoms with Crippen molar-refractivity contribution in [2.75, 3.05) is 11.3 Å². The summed E-state index contributed by atoms with van der Waals surface area (Å²) in [4.78, 5) is 15.7. The second-order valence-corrected chi connectivity index (χ2v) is 6.73. The van der Waals surface area contributed by atoms with Gasteiger partial charge in [-0.3, -0.25) is 9.52 Å². The summed E-state index contributed by atoms with van der Waals surface area (Å²) < 4.78 is 26.6. The Balaban J connectivity index is 2.07. The first kappa shape index (κ1) is 15.5. The van der Waals surface area contributed by atoms with Gasteiger partial charge in [0.1, 0.15) is 0 Å². The molecule has 2 aromatic rings. The van der Waals surface area contributed by atoms with Crippen molar-refractivity contribution < 1.29 is 13.2 Å². The predicted octanol–water partition coefficient (Wildman–Crippen LogP) is 1.62. The van der Waals surface area contributed by atoms with E-state index in [0.717, 1.165) is 11.3 Å². The van der Waals surface area contributed by atoms with Gasteiger partial charge in [-0.1, -0.05) is 18.2 Å². The van der Waals surface area contributed by atoms with Crippen molar-refractivity contribution in [3.63, 3.8) is 0 Å². The van der Waals surface area contributed by atoms with Crippen LogP contribution in [0.2, 0.25) is 0 Å². The Morgan fingerprint density at radius 1 is 1.29 bits per heavy atom. The van der Waals surface area contributed by atoms with Gasteiger partial charge in [-0.15, -0.1) is 11.3 Å². The fraction of sp³-hybridized carbons (Fsp3) is 0.231. The van der Waals surface area contributed by atoms with Gasteiger partial charge >= 0.3 is 0 Å². The van der Waals surface area contributed by atoms with Gasteiger partial charge in [0.15, 0.2) is 5.13 Å². The van der Waals surface area contributed by atoms with Gasteiger partial charge in [0, 0.05) is 11.9 Å². The van der Waals surface area contributed by atoms with Gasteiger partial charge in [0.25, 0.3) is 10.0 Å². The lowest BCUT2D eigenvalue weighted by atomic mass is 10.3. The van der Waals surface area contributed by atoms with E-state index in [0.29, 0.717) is 12.2 Å². The molecular formula is C13H15N3O3S2. The lowest BCUT2D eigenvalue weighted by Crippen LogP contribution is -2.24. The van der Waals surface area contributed by atoms with Crippen LogP contribution in [0.15, 0.2) is 40.6 Å². The van der Waals surface area contributed by atoms with Crippen LogP contribution in [-0.4, -0.2) is 25.9 Å². The number of sulfonamides is 1. The zero-order valence-electron chi connectivity index (χ0n) is 11.4. The van der Waals surface area contributed by atoms with E-state index in [1.165, 1.54) is 12.1 Å². The molecule has 1 amide bonds. The molecule has 112 valence electrons. The fourth-order valence-corrected chi connectivity index (χ4v) is 3.62. The van der Waals surface area contributed by atoms with E-state index in [9.17, 15) is 13.2 Å². The molecule has 8 heteroatoms. The molecule has 0 aliphatic carbocycles. The number of aromatic nitrogens is 1. The van der Waals surface area contributed by atoms with Crippen LogP contribution >= 0.6 is 11.3 Å². The number of likely N-dealkylation sites (N-methyl/N-ethyl adjacent to an activating group) is 1. The molecular weight excluding hydrogens is 310 g/mol. The van der Waals surface area contributed by atoms with E-state index in [-0.39, 0.29) is 22.4 Å². The van der Waals surface area contributed by atoms with Crippen molar-refractivity contribution in [3.05, 3.63) is 41.4 Å². The Bertz CT molecular complexity index is 711. The van der Waals surface area contributed by atoms with Crippen LogP contribution in [0.1, 0.15) is 12.6 Å². The maximum Gasteiger partial charge on any atom is 0.263 e. The number of thiazole rings is 1. The summed E-state index contributed by atoms with van der Waals surface area (Å²) in [7, 11) is -3.64. The molecule has 2 rings (SSSR count). The van der Waals surface area contributed by atoms with Crippen LogP contribution in [0.5, 0.6) is 0 Å². The molecule has 0 unspecified atom stereocenters. The Hall–Kier alpha value is -1.93. The minimum absolute atomic E-state index is 0.136. The van der Waals surface area contributed by atoms with Gasteiger partial charge in [0.05, 0.1) is 17.0 Å². The minimum atomic E-state index is -3.64. The molecule has 0 saturated carbocycles. The lowest BCUT2D eigenvalue weighted by molar-refractivity contribution is -0.120. The van der Waals surface area contributed by atoms with Gasteiger partial charge < -0.3 is 5.32 Å². The zero-order valence-corrected chi connectivity index (χ0v) is 13.0. The molecule has 0 aliphatic heterocycles. The molecule has 0 atom stereocenters. The summed E-state index contributed by atoms with van der Waals surface area (Å²) in [6.07, 6.45) is 0.136. The number of carbonyl (C=O) groups excluding carboxylic acids is 1. The Morgan fingerprint density at radius 2 is 2.00 bits per heavy atom. The Labute approximate surface area is 127 Å². The topological polar surface area (TPSA) is 88.2 Å². The number of nitrogens with one attached hydrogen (secondary N) is 2. The molecule has 0 radical (unpaired) electrons. The number of hydrogen-bond donors (Lipinski definition) is 2. The Kier molecular flexibility index (Phi) is 4.92. The van der Waals surface area contributed by atoms with Gasteiger partial charge in [-0.2, -0.15) is 0 Å². The van der Waals surface area contributed by atoms with Crippen molar-refractivity contribution >= 4 is 32.4 Å². The van der Waals surface area contributed by atoms with Gasteiger partial charge in [0.2, 0.25) is 5.91 Å². The molecule has 0 aliphatic rings. The number of anilines is 1. The summed E-state index contributed by atoms with van der Waals surface area (Å²) >= 11 is 1.15. The predicted molar refractivity (Wildman–Crippen MR) is 81.8 cm³/mol. The van der Waals surface area contributed by atoms with Crippen LogP contribution in [0.4, 0.5) is 5.13 Å².